The van der Waals surface area contributed by atoms with Crippen molar-refractivity contribution in [3.8, 4) is 11.5 Å². The quantitative estimate of drug-likeness (QED) is 0.339. The Morgan fingerprint density at radius 3 is 2.37 bits per heavy atom. The third kappa shape index (κ3) is 6.46. The van der Waals surface area contributed by atoms with Gasteiger partial charge in [-0.25, -0.2) is 4.79 Å². The molecule has 0 aromatic heterocycles. The summed E-state index contributed by atoms with van der Waals surface area (Å²) in [5, 5.41) is 3.02. The minimum atomic E-state index is -4.10. The Morgan fingerprint density at radius 1 is 1.06 bits per heavy atom. The van der Waals surface area contributed by atoms with E-state index in [1.54, 1.807) is 67.5 Å². The molecule has 0 spiro atoms. The Morgan fingerprint density at radius 2 is 1.74 bits per heavy atom. The molecule has 35 heavy (non-hydrogen) atoms. The summed E-state index contributed by atoms with van der Waals surface area (Å²) in [7, 11) is -2.55. The van der Waals surface area contributed by atoms with Crippen LogP contribution in [0.4, 0.5) is 10.5 Å². The van der Waals surface area contributed by atoms with Gasteiger partial charge >= 0.3 is 16.1 Å². The van der Waals surface area contributed by atoms with Crippen molar-refractivity contribution < 1.29 is 22.1 Å². The van der Waals surface area contributed by atoms with Crippen molar-refractivity contribution in [2.24, 2.45) is 0 Å². The Bertz CT molecular complexity index is 1260. The third-order valence-electron chi connectivity index (χ3n) is 5.63. The first kappa shape index (κ1) is 26.4. The number of urea groups is 1. The van der Waals surface area contributed by atoms with E-state index >= 15 is 0 Å². The van der Waals surface area contributed by atoms with E-state index in [9.17, 15) is 13.2 Å². The molecule has 0 aliphatic rings. The van der Waals surface area contributed by atoms with Crippen LogP contribution in [0.3, 0.4) is 0 Å². The molecule has 0 fully saturated rings. The van der Waals surface area contributed by atoms with Gasteiger partial charge in [0.2, 0.25) is 0 Å². The molecule has 1 atom stereocenters. The molecule has 3 aromatic rings. The predicted molar refractivity (Wildman–Crippen MR) is 138 cm³/mol. The van der Waals surface area contributed by atoms with Gasteiger partial charge in [0.05, 0.1) is 17.8 Å². The summed E-state index contributed by atoms with van der Waals surface area (Å²) in [6.45, 7) is 5.96. The molecular formula is C26H29ClN2O5S. The molecule has 2 amide bonds. The maximum Gasteiger partial charge on any atom is 0.340 e. The zero-order chi connectivity index (χ0) is 25.6. The number of para-hydroxylation sites is 2. The molecule has 0 saturated carbocycles. The second-order valence-corrected chi connectivity index (χ2v) is 9.97. The molecule has 0 heterocycles. The van der Waals surface area contributed by atoms with E-state index in [0.717, 1.165) is 12.0 Å². The lowest BCUT2D eigenvalue weighted by molar-refractivity contribution is 0.187. The highest BCUT2D eigenvalue weighted by atomic mass is 35.5. The van der Waals surface area contributed by atoms with Crippen molar-refractivity contribution in [1.82, 2.24) is 4.90 Å². The van der Waals surface area contributed by atoms with E-state index in [-0.39, 0.29) is 27.7 Å². The Hall–Kier alpha value is -3.23. The van der Waals surface area contributed by atoms with Gasteiger partial charge in [-0.05, 0) is 61.7 Å². The van der Waals surface area contributed by atoms with E-state index in [0.29, 0.717) is 23.5 Å². The van der Waals surface area contributed by atoms with E-state index in [4.69, 9.17) is 20.5 Å². The summed E-state index contributed by atoms with van der Waals surface area (Å²) < 4.78 is 36.2. The molecule has 1 N–H and O–H groups in total. The van der Waals surface area contributed by atoms with Crippen LogP contribution >= 0.6 is 11.6 Å². The minimum Gasteiger partial charge on any atom is -0.495 e. The van der Waals surface area contributed by atoms with Crippen LogP contribution in [0.25, 0.3) is 0 Å². The number of nitrogens with one attached hydrogen (secondary N) is 1. The maximum atomic E-state index is 13.1. The first-order valence-corrected chi connectivity index (χ1v) is 12.9. The summed E-state index contributed by atoms with van der Waals surface area (Å²) in [5.74, 6) is 0.725. The van der Waals surface area contributed by atoms with Crippen molar-refractivity contribution in [1.29, 1.82) is 0 Å². The number of ether oxygens (including phenoxy) is 1. The molecule has 0 aliphatic carbocycles. The average molecular weight is 517 g/mol. The number of amides is 2. The lowest BCUT2D eigenvalue weighted by Crippen LogP contribution is -2.40. The molecule has 0 unspecified atom stereocenters. The van der Waals surface area contributed by atoms with Crippen LogP contribution in [0, 0.1) is 6.92 Å². The number of rotatable bonds is 9. The number of methoxy groups -OCH3 is 1. The monoisotopic (exact) mass is 516 g/mol. The molecular weight excluding hydrogens is 488 g/mol. The molecule has 0 saturated heterocycles. The molecule has 9 heteroatoms. The zero-order valence-corrected chi connectivity index (χ0v) is 21.7. The van der Waals surface area contributed by atoms with Gasteiger partial charge in [-0.15, -0.1) is 0 Å². The largest absolute Gasteiger partial charge is 0.495 e. The van der Waals surface area contributed by atoms with Crippen molar-refractivity contribution >= 4 is 33.4 Å². The Labute approximate surface area is 211 Å². The lowest BCUT2D eigenvalue weighted by atomic mass is 10.1. The third-order valence-corrected chi connectivity index (χ3v) is 7.51. The van der Waals surface area contributed by atoms with Gasteiger partial charge in [-0.3, -0.25) is 0 Å². The maximum absolute atomic E-state index is 13.1. The van der Waals surface area contributed by atoms with Gasteiger partial charge in [0, 0.05) is 12.6 Å². The number of hydrogen-bond acceptors (Lipinski definition) is 5. The minimum absolute atomic E-state index is 0.0378. The normalized spacial score (nSPS) is 12.0. The average Bonchev–Trinajstić information content (AvgIpc) is 2.82. The first-order chi connectivity index (χ1) is 16.7. The van der Waals surface area contributed by atoms with Gasteiger partial charge in [0.15, 0.2) is 0 Å². The highest BCUT2D eigenvalue weighted by Gasteiger charge is 2.24. The van der Waals surface area contributed by atoms with Crippen molar-refractivity contribution in [3.63, 3.8) is 0 Å². The molecule has 0 radical (unpaired) electrons. The summed E-state index contributed by atoms with van der Waals surface area (Å²) in [6, 6.07) is 18.3. The fourth-order valence-corrected chi connectivity index (χ4v) is 5.25. The Kier molecular flexibility index (Phi) is 8.64. The summed E-state index contributed by atoms with van der Waals surface area (Å²) in [5.41, 5.74) is 1.90. The summed E-state index contributed by atoms with van der Waals surface area (Å²) in [4.78, 5) is 14.8. The van der Waals surface area contributed by atoms with Crippen LogP contribution in [0.15, 0.2) is 71.6 Å². The molecule has 3 rings (SSSR count). The van der Waals surface area contributed by atoms with Gasteiger partial charge < -0.3 is 19.1 Å². The van der Waals surface area contributed by atoms with E-state index < -0.39 is 10.1 Å². The number of anilines is 1. The molecule has 7 nitrogen and oxygen atoms in total. The van der Waals surface area contributed by atoms with Crippen molar-refractivity contribution in [2.45, 2.75) is 44.7 Å². The number of hydrogen-bond donors (Lipinski definition) is 1. The molecule has 186 valence electrons. The predicted octanol–water partition coefficient (Wildman–Crippen LogP) is 6.26. The smallest absolute Gasteiger partial charge is 0.340 e. The molecule has 3 aromatic carbocycles. The number of aryl methyl sites for hydroxylation is 1. The van der Waals surface area contributed by atoms with Gasteiger partial charge in [-0.2, -0.15) is 8.42 Å². The van der Waals surface area contributed by atoms with Crippen LogP contribution in [0.2, 0.25) is 5.02 Å². The first-order valence-electron chi connectivity index (χ1n) is 11.2. The van der Waals surface area contributed by atoms with E-state index in [2.05, 4.69) is 5.32 Å². The standard InChI is InChI=1S/C26H29ClN2O5S/c1-5-19(3)29(26(30)28-23-11-6-7-12-24(23)33-4)17-20-13-15-21(16-14-20)34-35(31,32)25-18(2)9-8-10-22(25)27/h6-16,19H,5,17H2,1-4H3,(H,28,30)/t19-/m1/s1. The second-order valence-electron chi connectivity index (χ2n) is 8.08. The SMILES string of the molecule is CC[C@@H](C)N(Cc1ccc(OS(=O)(=O)c2c(C)cccc2Cl)cc1)C(=O)Nc1ccccc1OC. The lowest BCUT2D eigenvalue weighted by Gasteiger charge is -2.29. The van der Waals surface area contributed by atoms with Crippen LogP contribution in [0.1, 0.15) is 31.4 Å². The summed E-state index contributed by atoms with van der Waals surface area (Å²) in [6.07, 6.45) is 0.760. The van der Waals surface area contributed by atoms with E-state index in [1.165, 1.54) is 6.07 Å². The topological polar surface area (TPSA) is 84.9 Å². The number of benzene rings is 3. The van der Waals surface area contributed by atoms with Gasteiger partial charge in [0.25, 0.3) is 0 Å². The van der Waals surface area contributed by atoms with Gasteiger partial charge in [0.1, 0.15) is 16.4 Å². The fraction of sp³-hybridized carbons (Fsp3) is 0.269. The van der Waals surface area contributed by atoms with Crippen LogP contribution in [0.5, 0.6) is 11.5 Å². The highest BCUT2D eigenvalue weighted by Crippen LogP contribution is 2.28. The van der Waals surface area contributed by atoms with Crippen LogP contribution in [-0.4, -0.2) is 32.5 Å². The number of halogens is 1. The number of carbonyl (C=O) groups is 1. The van der Waals surface area contributed by atoms with E-state index in [1.807, 2.05) is 26.0 Å². The fourth-order valence-electron chi connectivity index (χ4n) is 3.53. The Balaban J connectivity index is 1.76. The van der Waals surface area contributed by atoms with Gasteiger partial charge in [-0.1, -0.05) is 54.9 Å². The van der Waals surface area contributed by atoms with Crippen molar-refractivity contribution in [3.05, 3.63) is 82.9 Å². The molecule has 0 bridgehead atoms. The van der Waals surface area contributed by atoms with Crippen LogP contribution in [-0.2, 0) is 16.7 Å². The van der Waals surface area contributed by atoms with Crippen molar-refractivity contribution in [2.75, 3.05) is 12.4 Å². The van der Waals surface area contributed by atoms with Crippen LogP contribution < -0.4 is 14.2 Å². The number of nitrogens with zero attached hydrogens (tertiary/aromatic N) is 1. The highest BCUT2D eigenvalue weighted by molar-refractivity contribution is 7.87. The molecule has 0 aliphatic heterocycles. The number of carbonyl (C=O) groups excluding carboxylic acids is 1. The second kappa shape index (κ2) is 11.5. The summed E-state index contributed by atoms with van der Waals surface area (Å²) >= 11 is 6.10. The zero-order valence-electron chi connectivity index (χ0n) is 20.1.